The molecule has 3 saturated heterocycles. The molecule has 3 atom stereocenters. The number of rotatable bonds is 5. The maximum Gasteiger partial charge on any atom is 0.236 e. The molecule has 0 saturated carbocycles. The highest BCUT2D eigenvalue weighted by molar-refractivity contribution is 5.86. The van der Waals surface area contributed by atoms with E-state index < -0.39 is 0 Å². The molecule has 1 unspecified atom stereocenters. The van der Waals surface area contributed by atoms with Crippen LogP contribution in [0.5, 0.6) is 0 Å². The number of carbonyl (C=O) groups excluding carboxylic acids is 2. The van der Waals surface area contributed by atoms with Crippen LogP contribution < -0.4 is 0 Å². The van der Waals surface area contributed by atoms with Gasteiger partial charge in [-0.25, -0.2) is 0 Å². The van der Waals surface area contributed by atoms with E-state index in [-0.39, 0.29) is 29.4 Å². The van der Waals surface area contributed by atoms with E-state index >= 15 is 0 Å². The van der Waals surface area contributed by atoms with Gasteiger partial charge in [-0.15, -0.1) is 0 Å². The summed E-state index contributed by atoms with van der Waals surface area (Å²) < 4.78 is 5.74. The Bertz CT molecular complexity index is 730. The van der Waals surface area contributed by atoms with Gasteiger partial charge in [-0.1, -0.05) is 30.3 Å². The average molecular weight is 400 g/mol. The zero-order valence-electron chi connectivity index (χ0n) is 17.7. The molecule has 0 aliphatic carbocycles. The van der Waals surface area contributed by atoms with E-state index in [9.17, 15) is 9.59 Å². The van der Waals surface area contributed by atoms with Crippen LogP contribution in [-0.4, -0.2) is 84.5 Å². The first kappa shape index (κ1) is 20.4. The molecular formula is C23H33N3O3. The molecule has 3 heterocycles. The molecule has 0 bridgehead atoms. The minimum absolute atomic E-state index is 0.0854. The summed E-state index contributed by atoms with van der Waals surface area (Å²) in [7, 11) is 0. The molecule has 3 fully saturated rings. The van der Waals surface area contributed by atoms with Crippen molar-refractivity contribution < 1.29 is 14.3 Å². The Hall–Kier alpha value is -1.92. The molecule has 1 aromatic rings. The summed E-state index contributed by atoms with van der Waals surface area (Å²) in [6, 6.07) is 10.3. The number of nitrogens with zero attached hydrogens (tertiary/aromatic N) is 3. The third kappa shape index (κ3) is 4.48. The van der Waals surface area contributed by atoms with Crippen molar-refractivity contribution in [1.82, 2.24) is 14.7 Å². The van der Waals surface area contributed by atoms with E-state index in [4.69, 9.17) is 4.74 Å². The Labute approximate surface area is 173 Å². The second-order valence-corrected chi connectivity index (χ2v) is 9.07. The van der Waals surface area contributed by atoms with E-state index in [2.05, 4.69) is 17.0 Å². The zero-order chi connectivity index (χ0) is 20.4. The highest BCUT2D eigenvalue weighted by atomic mass is 16.5. The molecule has 3 aliphatic heterocycles. The monoisotopic (exact) mass is 399 g/mol. The Morgan fingerprint density at radius 2 is 1.79 bits per heavy atom. The number of hydrogen-bond donors (Lipinski definition) is 0. The third-order valence-corrected chi connectivity index (χ3v) is 6.68. The maximum atomic E-state index is 13.2. The molecular weight excluding hydrogens is 366 g/mol. The van der Waals surface area contributed by atoms with E-state index in [1.807, 2.05) is 41.8 Å². The van der Waals surface area contributed by atoms with Gasteiger partial charge < -0.3 is 14.5 Å². The summed E-state index contributed by atoms with van der Waals surface area (Å²) >= 11 is 0. The molecule has 6 heteroatoms. The van der Waals surface area contributed by atoms with Gasteiger partial charge in [0.2, 0.25) is 11.8 Å². The fourth-order valence-electron chi connectivity index (χ4n) is 5.16. The van der Waals surface area contributed by atoms with E-state index in [1.165, 1.54) is 5.56 Å². The first-order valence-corrected chi connectivity index (χ1v) is 10.9. The topological polar surface area (TPSA) is 53.1 Å². The second kappa shape index (κ2) is 8.44. The van der Waals surface area contributed by atoms with E-state index in [0.717, 1.165) is 45.4 Å². The molecule has 0 N–H and O–H groups in total. The molecule has 29 heavy (non-hydrogen) atoms. The Kier molecular flexibility index (Phi) is 5.93. The fraction of sp³-hybridized carbons (Fsp3) is 0.652. The van der Waals surface area contributed by atoms with Crippen molar-refractivity contribution in [2.45, 2.75) is 45.3 Å². The predicted octanol–water partition coefficient (Wildman–Crippen LogP) is 1.79. The Morgan fingerprint density at radius 1 is 1.10 bits per heavy atom. The quantitative estimate of drug-likeness (QED) is 0.758. The number of carbonyl (C=O) groups is 2. The zero-order valence-corrected chi connectivity index (χ0v) is 17.7. The van der Waals surface area contributed by atoms with Gasteiger partial charge in [0.05, 0.1) is 24.2 Å². The van der Waals surface area contributed by atoms with Crippen molar-refractivity contribution in [2.75, 3.05) is 45.8 Å². The number of hydrogen-bond acceptors (Lipinski definition) is 4. The lowest BCUT2D eigenvalue weighted by atomic mass is 9.85. The van der Waals surface area contributed by atoms with Gasteiger partial charge in [0.15, 0.2) is 0 Å². The second-order valence-electron chi connectivity index (χ2n) is 9.07. The van der Waals surface area contributed by atoms with Crippen LogP contribution in [0.2, 0.25) is 0 Å². The van der Waals surface area contributed by atoms with Crippen LogP contribution in [0.1, 0.15) is 32.3 Å². The average Bonchev–Trinajstić information content (AvgIpc) is 3.24. The minimum atomic E-state index is -0.275. The molecule has 4 rings (SSSR count). The smallest absolute Gasteiger partial charge is 0.236 e. The number of benzene rings is 1. The van der Waals surface area contributed by atoms with E-state index in [0.29, 0.717) is 19.6 Å². The SMILES string of the molecule is C[C@@H]1CN(C(=O)CN2CCC3(CCN(CCc4ccccc4)C3=O)C2)C[C@H](C)O1. The van der Waals surface area contributed by atoms with Crippen LogP contribution in [0.15, 0.2) is 30.3 Å². The Morgan fingerprint density at radius 3 is 2.52 bits per heavy atom. The molecule has 1 spiro atoms. The number of morpholine rings is 1. The van der Waals surface area contributed by atoms with Crippen LogP contribution in [0.3, 0.4) is 0 Å². The summed E-state index contributed by atoms with van der Waals surface area (Å²) in [4.78, 5) is 32.1. The van der Waals surface area contributed by atoms with Crippen molar-refractivity contribution >= 4 is 11.8 Å². The third-order valence-electron chi connectivity index (χ3n) is 6.68. The van der Waals surface area contributed by atoms with Gasteiger partial charge >= 0.3 is 0 Å². The van der Waals surface area contributed by atoms with E-state index in [1.54, 1.807) is 0 Å². The Balaban J connectivity index is 1.29. The lowest BCUT2D eigenvalue weighted by Gasteiger charge is -2.36. The van der Waals surface area contributed by atoms with Crippen LogP contribution in [-0.2, 0) is 20.7 Å². The van der Waals surface area contributed by atoms with Gasteiger partial charge in [-0.3, -0.25) is 14.5 Å². The summed E-state index contributed by atoms with van der Waals surface area (Å²) in [6.07, 6.45) is 2.86. The summed E-state index contributed by atoms with van der Waals surface area (Å²) in [5.74, 6) is 0.451. The maximum absolute atomic E-state index is 13.2. The number of amides is 2. The molecule has 158 valence electrons. The van der Waals surface area contributed by atoms with Crippen molar-refractivity contribution in [3.8, 4) is 0 Å². The van der Waals surface area contributed by atoms with Crippen molar-refractivity contribution in [2.24, 2.45) is 5.41 Å². The standard InChI is InChI=1S/C23H33N3O3/c1-18-14-26(15-19(2)29-18)21(27)16-24-12-9-23(17-24)10-13-25(22(23)28)11-8-20-6-4-3-5-7-20/h3-7,18-19H,8-17H2,1-2H3/t18-,19+,23?. The summed E-state index contributed by atoms with van der Waals surface area (Å²) in [6.45, 7) is 8.94. The fourth-order valence-corrected chi connectivity index (χ4v) is 5.16. The van der Waals surface area contributed by atoms with Gasteiger partial charge in [-0.05, 0) is 45.2 Å². The summed E-state index contributed by atoms with van der Waals surface area (Å²) in [5, 5.41) is 0. The van der Waals surface area contributed by atoms with Crippen LogP contribution in [0.25, 0.3) is 0 Å². The van der Waals surface area contributed by atoms with Gasteiger partial charge in [0, 0.05) is 32.7 Å². The van der Waals surface area contributed by atoms with Crippen LogP contribution >= 0.6 is 0 Å². The van der Waals surface area contributed by atoms with Gasteiger partial charge in [0.1, 0.15) is 0 Å². The van der Waals surface area contributed by atoms with Crippen molar-refractivity contribution in [3.05, 3.63) is 35.9 Å². The first-order valence-electron chi connectivity index (χ1n) is 10.9. The predicted molar refractivity (Wildman–Crippen MR) is 111 cm³/mol. The lowest BCUT2D eigenvalue weighted by molar-refractivity contribution is -0.144. The minimum Gasteiger partial charge on any atom is -0.372 e. The van der Waals surface area contributed by atoms with Gasteiger partial charge in [-0.2, -0.15) is 0 Å². The highest BCUT2D eigenvalue weighted by Gasteiger charge is 2.50. The molecule has 0 radical (unpaired) electrons. The molecule has 6 nitrogen and oxygen atoms in total. The van der Waals surface area contributed by atoms with Crippen LogP contribution in [0, 0.1) is 5.41 Å². The molecule has 2 amide bonds. The number of likely N-dealkylation sites (tertiary alicyclic amines) is 2. The van der Waals surface area contributed by atoms with Gasteiger partial charge in [0.25, 0.3) is 0 Å². The lowest BCUT2D eigenvalue weighted by Crippen LogP contribution is -2.51. The first-order chi connectivity index (χ1) is 13.9. The summed E-state index contributed by atoms with van der Waals surface area (Å²) in [5.41, 5.74) is 0.997. The molecule has 3 aliphatic rings. The highest BCUT2D eigenvalue weighted by Crippen LogP contribution is 2.40. The molecule has 1 aromatic carbocycles. The largest absolute Gasteiger partial charge is 0.372 e. The van der Waals surface area contributed by atoms with Crippen LogP contribution in [0.4, 0.5) is 0 Å². The van der Waals surface area contributed by atoms with Crippen molar-refractivity contribution in [1.29, 1.82) is 0 Å². The van der Waals surface area contributed by atoms with Crippen molar-refractivity contribution in [3.63, 3.8) is 0 Å². The number of ether oxygens (including phenoxy) is 1. The normalized spacial score (nSPS) is 30.5. The molecule has 0 aromatic heterocycles.